The van der Waals surface area contributed by atoms with E-state index in [1.807, 2.05) is 0 Å². The maximum absolute atomic E-state index is 15.3. The summed E-state index contributed by atoms with van der Waals surface area (Å²) in [4.78, 5) is 85.5. The average Bonchev–Trinajstić information content (AvgIpc) is 3.29. The Bertz CT molecular complexity index is 2470. The third-order valence-corrected chi connectivity index (χ3v) is 14.0. The molecule has 4 aliphatic carbocycles. The molecule has 3 saturated carbocycles. The number of carbonyl (C=O) groups is 6. The first-order chi connectivity index (χ1) is 33.6. The first-order valence-corrected chi connectivity index (χ1v) is 21.0. The summed E-state index contributed by atoms with van der Waals surface area (Å²) in [6, 6.07) is 11.3. The average molecular weight is 900 g/mol. The van der Waals surface area contributed by atoms with E-state index in [1.54, 1.807) is 18.2 Å². The Morgan fingerprint density at radius 2 is 1.56 bits per heavy atom. The molecule has 6 rings (SSSR count). The lowest BCUT2D eigenvalue weighted by Crippen LogP contribution is -2.78. The summed E-state index contributed by atoms with van der Waals surface area (Å²) >= 11 is 0. The molecule has 0 radical (unpaired) electrons. The van der Waals surface area contributed by atoms with E-state index in [4.69, 9.17) is 36.0 Å². The highest BCUT2D eigenvalue weighted by atomic mass is 16.6. The van der Waals surface area contributed by atoms with E-state index in [-0.39, 0.29) is 35.1 Å². The van der Waals surface area contributed by atoms with Gasteiger partial charge in [0.15, 0.2) is 5.78 Å². The van der Waals surface area contributed by atoms with Gasteiger partial charge in [-0.15, -0.1) is 0 Å². The molecule has 1 amide bonds. The van der Waals surface area contributed by atoms with Crippen molar-refractivity contribution in [1.29, 1.82) is 0 Å². The van der Waals surface area contributed by atoms with E-state index in [0.29, 0.717) is 6.42 Å². The van der Waals surface area contributed by atoms with Crippen molar-refractivity contribution in [3.05, 3.63) is 82.9 Å². The molecule has 1 unspecified atom stereocenters. The first-order valence-electron chi connectivity index (χ1n) is 25.5. The lowest BCUT2D eigenvalue weighted by atomic mass is 9.41. The predicted octanol–water partition coefficient (Wildman–Crippen LogP) is 4.43. The molecule has 16 nitrogen and oxygen atoms in total. The molecule has 2 aromatic carbocycles. The third-order valence-electron chi connectivity index (χ3n) is 14.0. The van der Waals surface area contributed by atoms with Crippen molar-refractivity contribution in [1.82, 2.24) is 10.6 Å². The monoisotopic (exact) mass is 899 g/mol. The molecule has 4 aliphatic rings. The molecule has 2 aromatic rings. The van der Waals surface area contributed by atoms with Gasteiger partial charge in [-0.25, -0.2) is 14.4 Å². The first kappa shape index (κ1) is 37.1. The standard InChI is InChI=1S/C48H62N2O14/c1-25-31(60-42(57)36(61-40(55)26(2)49-10)34(28-17-13-11-14-18-28)50-43(58)64-44(4,5)6)24-48(59)39(62-41(56)29-19-15-12-16-20-29)37-46(9,38(54)35(53)33(25)45(48,7)8)32(52)23-30-21-22-47(30,37)63-27(3)51/h11-20,26,30-32,34-37,39,49,52-53,59H,21-24H2,1-10H3,(H,50,58)/t26?,30-,31+,32+,34+,35-,36-,37+,39+,46-,47+,48-/m1/s1/i4D3,5D3,6D3. The fraction of sp³-hybridized carbons (Fsp3) is 0.583. The van der Waals surface area contributed by atoms with Crippen molar-refractivity contribution < 1.29 is 80.1 Å². The second-order valence-corrected chi connectivity index (χ2v) is 18.0. The van der Waals surface area contributed by atoms with Gasteiger partial charge in [-0.3, -0.25) is 14.4 Å². The predicted molar refractivity (Wildman–Crippen MR) is 229 cm³/mol. The van der Waals surface area contributed by atoms with Gasteiger partial charge < -0.3 is 49.6 Å². The van der Waals surface area contributed by atoms with Crippen LogP contribution in [0, 0.1) is 22.7 Å². The minimum atomic E-state index is -4.15. The Morgan fingerprint density at radius 3 is 2.12 bits per heavy atom. The maximum atomic E-state index is 15.3. The number of ether oxygens (including phenoxy) is 5. The van der Waals surface area contributed by atoms with E-state index in [0.717, 1.165) is 6.92 Å². The number of rotatable bonds is 11. The number of carbonyl (C=O) groups excluding carboxylic acids is 6. The number of esters is 4. The maximum Gasteiger partial charge on any atom is 0.408 e. The van der Waals surface area contributed by atoms with Crippen LogP contribution < -0.4 is 10.6 Å². The van der Waals surface area contributed by atoms with E-state index in [2.05, 4.69) is 10.6 Å². The number of nitrogens with one attached hydrogen (secondary N) is 2. The molecule has 0 aromatic heterocycles. The number of Topliss-reactive ketones (excluding diaryl/α,β-unsaturated/α-hetero) is 1. The summed E-state index contributed by atoms with van der Waals surface area (Å²) in [6.45, 7) is -3.92. The van der Waals surface area contributed by atoms with E-state index >= 15 is 9.59 Å². The van der Waals surface area contributed by atoms with Gasteiger partial charge in [0.25, 0.3) is 0 Å². The second kappa shape index (κ2) is 17.7. The molecule has 12 atom stereocenters. The lowest BCUT2D eigenvalue weighted by molar-refractivity contribution is -0.296. The van der Waals surface area contributed by atoms with Crippen LogP contribution in [-0.4, -0.2) is 111 Å². The molecule has 2 bridgehead atoms. The molecular formula is C48H62N2O14. The van der Waals surface area contributed by atoms with Crippen molar-refractivity contribution in [2.24, 2.45) is 22.7 Å². The number of alkyl carbamates (subject to hydrolysis) is 1. The number of hydrogen-bond donors (Lipinski definition) is 5. The minimum absolute atomic E-state index is 0.0000875. The molecule has 64 heavy (non-hydrogen) atoms. The molecule has 3 fully saturated rings. The Labute approximate surface area is 386 Å². The van der Waals surface area contributed by atoms with Crippen molar-refractivity contribution in [2.75, 3.05) is 7.05 Å². The van der Waals surface area contributed by atoms with Crippen LogP contribution in [0.2, 0.25) is 0 Å². The van der Waals surface area contributed by atoms with Crippen LogP contribution in [-0.2, 0) is 42.9 Å². The van der Waals surface area contributed by atoms with E-state index in [9.17, 15) is 34.5 Å². The molecule has 0 saturated heterocycles. The lowest BCUT2D eigenvalue weighted by Gasteiger charge is -2.68. The summed E-state index contributed by atoms with van der Waals surface area (Å²) in [5, 5.41) is 43.0. The SMILES string of the molecule is [2H]C([2H])([2H])C(OC(=O)N[C@@H](c1ccccc1)[C@@H](OC(=O)C(C)NC)C(=O)O[C@H]1C[C@@]2(O)[C@@H](OC(=O)c3ccccc3)[C@@H]3[C@]4(OC(C)=O)CC[C@@H]4C[C@H](O)[C@@]3(C)C(=O)[C@H](O)C(=C1C)C2(C)C)(C([2H])([2H])[2H])C([2H])([2H])[2H]. The summed E-state index contributed by atoms with van der Waals surface area (Å²) in [5.74, 6) is -7.65. The second-order valence-electron chi connectivity index (χ2n) is 18.0. The highest BCUT2D eigenvalue weighted by molar-refractivity contribution is 5.94. The third kappa shape index (κ3) is 8.45. The van der Waals surface area contributed by atoms with Gasteiger partial charge in [0.1, 0.15) is 47.2 Å². The van der Waals surface area contributed by atoms with Gasteiger partial charge in [0.05, 0.1) is 23.0 Å². The number of benzene rings is 2. The fourth-order valence-corrected chi connectivity index (χ4v) is 10.4. The number of amides is 1. The van der Waals surface area contributed by atoms with Crippen molar-refractivity contribution in [3.8, 4) is 0 Å². The smallest absolute Gasteiger partial charge is 0.408 e. The number of fused-ring (bicyclic) bond motifs is 5. The van der Waals surface area contributed by atoms with Gasteiger partial charge in [-0.2, -0.15) is 0 Å². The highest BCUT2D eigenvalue weighted by Gasteiger charge is 2.77. The van der Waals surface area contributed by atoms with Gasteiger partial charge in [0.2, 0.25) is 6.10 Å². The van der Waals surface area contributed by atoms with Crippen molar-refractivity contribution in [3.63, 3.8) is 0 Å². The molecular weight excluding hydrogens is 829 g/mol. The van der Waals surface area contributed by atoms with Gasteiger partial charge >= 0.3 is 30.0 Å². The summed E-state index contributed by atoms with van der Waals surface area (Å²) in [5.41, 5.74) is -12.6. The summed E-state index contributed by atoms with van der Waals surface area (Å²) < 4.78 is 101. The molecule has 348 valence electrons. The number of hydrogen-bond acceptors (Lipinski definition) is 15. The molecule has 5 N–H and O–H groups in total. The fourth-order valence-electron chi connectivity index (χ4n) is 10.4. The topological polar surface area (TPSA) is 233 Å². The van der Waals surface area contributed by atoms with Gasteiger partial charge in [-0.05, 0) is 96.5 Å². The Hall–Kier alpha value is -5.16. The minimum Gasteiger partial charge on any atom is -0.458 e. The Kier molecular flexibility index (Phi) is 10.2. The zero-order chi connectivity index (χ0) is 54.8. The van der Waals surface area contributed by atoms with Crippen LogP contribution in [0.5, 0.6) is 0 Å². The normalized spacial score (nSPS) is 34.7. The number of aliphatic hydroxyl groups is 3. The molecule has 0 spiro atoms. The summed E-state index contributed by atoms with van der Waals surface area (Å²) in [7, 11) is 1.37. The number of ketones is 1. The quantitative estimate of drug-likeness (QED) is 0.119. The number of likely N-dealkylation sites (N-methyl/N-ethyl adjacent to an activating group) is 1. The van der Waals surface area contributed by atoms with Crippen LogP contribution in [0.1, 0.15) is 122 Å². The highest BCUT2D eigenvalue weighted by Crippen LogP contribution is 2.67. The van der Waals surface area contributed by atoms with Crippen LogP contribution in [0.3, 0.4) is 0 Å². The van der Waals surface area contributed by atoms with Crippen LogP contribution >= 0.6 is 0 Å². The van der Waals surface area contributed by atoms with Crippen LogP contribution in [0.15, 0.2) is 71.8 Å². The van der Waals surface area contributed by atoms with Crippen molar-refractivity contribution in [2.45, 2.75) is 147 Å². The van der Waals surface area contributed by atoms with Gasteiger partial charge in [0, 0.05) is 37.0 Å². The Morgan fingerprint density at radius 1 is 0.938 bits per heavy atom. The largest absolute Gasteiger partial charge is 0.458 e. The zero-order valence-electron chi connectivity index (χ0n) is 45.6. The molecule has 0 heterocycles. The Balaban J connectivity index is 1.54. The van der Waals surface area contributed by atoms with Crippen molar-refractivity contribution >= 4 is 35.8 Å². The molecule has 16 heteroatoms. The van der Waals surface area contributed by atoms with E-state index in [1.165, 1.54) is 84.1 Å². The zero-order valence-corrected chi connectivity index (χ0v) is 36.6. The van der Waals surface area contributed by atoms with Crippen LogP contribution in [0.25, 0.3) is 0 Å². The van der Waals surface area contributed by atoms with Crippen LogP contribution in [0.4, 0.5) is 4.79 Å². The molecule has 0 aliphatic heterocycles. The van der Waals surface area contributed by atoms with E-state index < -0.39 is 145 Å². The number of aliphatic hydroxyl groups excluding tert-OH is 2. The summed E-state index contributed by atoms with van der Waals surface area (Å²) in [6.07, 6.45) is -12.0. The van der Waals surface area contributed by atoms with Gasteiger partial charge in [-0.1, -0.05) is 62.4 Å².